The Morgan fingerprint density at radius 3 is 2.81 bits per heavy atom. The van der Waals surface area contributed by atoms with Crippen molar-refractivity contribution in [2.75, 3.05) is 6.54 Å². The number of benzene rings is 2. The summed E-state index contributed by atoms with van der Waals surface area (Å²) in [5, 5.41) is 2.98. The minimum atomic E-state index is -0.0240. The summed E-state index contributed by atoms with van der Waals surface area (Å²) in [4.78, 5) is 16.9. The van der Waals surface area contributed by atoms with Crippen molar-refractivity contribution in [2.45, 2.75) is 32.2 Å². The molecule has 0 aliphatic rings. The van der Waals surface area contributed by atoms with Crippen LogP contribution in [0.15, 0.2) is 65.7 Å². The number of allylic oxidation sites excluding steroid dienone is 1. The molecule has 0 radical (unpaired) electrons. The molecule has 0 atom stereocenters. The molecule has 27 heavy (non-hydrogen) atoms. The molecule has 5 heteroatoms. The zero-order chi connectivity index (χ0) is 19.1. The van der Waals surface area contributed by atoms with Gasteiger partial charge in [-0.15, -0.1) is 6.58 Å². The molecular weight excluding hydrogens is 402 g/mol. The number of carbonyl (C=O) groups is 1. The van der Waals surface area contributed by atoms with Gasteiger partial charge in [0.1, 0.15) is 5.82 Å². The molecular formula is C22H24BrN3O. The Hall–Kier alpha value is -2.40. The van der Waals surface area contributed by atoms with Crippen molar-refractivity contribution in [2.24, 2.45) is 0 Å². The number of nitrogens with one attached hydrogen (secondary N) is 1. The second-order valence-corrected chi connectivity index (χ2v) is 7.41. The number of halogens is 1. The molecule has 0 fully saturated rings. The summed E-state index contributed by atoms with van der Waals surface area (Å²) in [5.41, 5.74) is 2.88. The summed E-state index contributed by atoms with van der Waals surface area (Å²) >= 11 is 3.39. The highest BCUT2D eigenvalue weighted by molar-refractivity contribution is 9.10. The van der Waals surface area contributed by atoms with Crippen molar-refractivity contribution in [1.82, 2.24) is 14.9 Å². The summed E-state index contributed by atoms with van der Waals surface area (Å²) in [7, 11) is 0. The minimum absolute atomic E-state index is 0.0240. The lowest BCUT2D eigenvalue weighted by Gasteiger charge is -2.07. The van der Waals surface area contributed by atoms with E-state index in [1.54, 1.807) is 0 Å². The molecule has 0 spiro atoms. The van der Waals surface area contributed by atoms with Crippen LogP contribution in [0.4, 0.5) is 0 Å². The molecule has 4 nitrogen and oxygen atoms in total. The smallest absolute Gasteiger partial charge is 0.251 e. The molecule has 1 heterocycles. The van der Waals surface area contributed by atoms with Crippen molar-refractivity contribution < 1.29 is 4.79 Å². The zero-order valence-corrected chi connectivity index (χ0v) is 16.9. The second-order valence-electron chi connectivity index (χ2n) is 6.49. The molecule has 140 valence electrons. The number of unbranched alkanes of at least 4 members (excludes halogenated alkanes) is 2. The van der Waals surface area contributed by atoms with Gasteiger partial charge in [-0.2, -0.15) is 0 Å². The lowest BCUT2D eigenvalue weighted by Crippen LogP contribution is -2.24. The highest BCUT2D eigenvalue weighted by atomic mass is 79.9. The third-order valence-electron chi connectivity index (χ3n) is 4.49. The van der Waals surface area contributed by atoms with Crippen LogP contribution in [0.3, 0.4) is 0 Å². The molecule has 2 aromatic carbocycles. The Morgan fingerprint density at radius 1 is 1.15 bits per heavy atom. The van der Waals surface area contributed by atoms with Crippen LogP contribution in [0, 0.1) is 0 Å². The Morgan fingerprint density at radius 2 is 2.00 bits per heavy atom. The van der Waals surface area contributed by atoms with Gasteiger partial charge in [0.25, 0.3) is 5.91 Å². The highest BCUT2D eigenvalue weighted by Crippen LogP contribution is 2.18. The first-order valence-corrected chi connectivity index (χ1v) is 10.1. The molecule has 1 amide bonds. The maximum Gasteiger partial charge on any atom is 0.251 e. The molecule has 3 rings (SSSR count). The number of nitrogens with zero attached hydrogens (tertiary/aromatic N) is 2. The van der Waals surface area contributed by atoms with Gasteiger partial charge in [-0.05, 0) is 43.2 Å². The Balaban J connectivity index is 1.45. The van der Waals surface area contributed by atoms with Gasteiger partial charge in [0.05, 0.1) is 11.0 Å². The van der Waals surface area contributed by atoms with Gasteiger partial charge < -0.3 is 9.88 Å². The van der Waals surface area contributed by atoms with Gasteiger partial charge in [0.15, 0.2) is 0 Å². The average Bonchev–Trinajstić information content (AvgIpc) is 3.02. The number of hydrogen-bond donors (Lipinski definition) is 1. The van der Waals surface area contributed by atoms with Crippen LogP contribution < -0.4 is 5.32 Å². The largest absolute Gasteiger partial charge is 0.352 e. The van der Waals surface area contributed by atoms with E-state index in [-0.39, 0.29) is 5.91 Å². The van der Waals surface area contributed by atoms with Crippen LogP contribution in [0.5, 0.6) is 0 Å². The number of rotatable bonds is 9. The van der Waals surface area contributed by atoms with E-state index < -0.39 is 0 Å². The van der Waals surface area contributed by atoms with Gasteiger partial charge in [0.2, 0.25) is 0 Å². The van der Waals surface area contributed by atoms with Crippen LogP contribution in [0.2, 0.25) is 0 Å². The minimum Gasteiger partial charge on any atom is -0.352 e. The van der Waals surface area contributed by atoms with E-state index in [1.807, 2.05) is 42.5 Å². The Kier molecular flexibility index (Phi) is 6.82. The lowest BCUT2D eigenvalue weighted by molar-refractivity contribution is 0.0953. The third kappa shape index (κ3) is 5.07. The molecule has 1 aromatic heterocycles. The van der Waals surface area contributed by atoms with Gasteiger partial charge >= 0.3 is 0 Å². The van der Waals surface area contributed by atoms with Crippen molar-refractivity contribution >= 4 is 32.9 Å². The van der Waals surface area contributed by atoms with Gasteiger partial charge in [-0.25, -0.2) is 4.98 Å². The number of aryl methyl sites for hydroxylation is 1. The molecule has 1 N–H and O–H groups in total. The van der Waals surface area contributed by atoms with Crippen LogP contribution in [0.25, 0.3) is 11.0 Å². The van der Waals surface area contributed by atoms with Crippen LogP contribution in [-0.4, -0.2) is 22.0 Å². The summed E-state index contributed by atoms with van der Waals surface area (Å²) in [5.74, 6) is 1.08. The van der Waals surface area contributed by atoms with Crippen molar-refractivity contribution in [3.63, 3.8) is 0 Å². The van der Waals surface area contributed by atoms with E-state index in [1.165, 1.54) is 0 Å². The number of aromatic nitrogens is 2. The first-order chi connectivity index (χ1) is 13.2. The molecule has 3 aromatic rings. The highest BCUT2D eigenvalue weighted by Gasteiger charge is 2.09. The second kappa shape index (κ2) is 9.51. The number of carbonyl (C=O) groups excluding carboxylic acids is 1. The predicted octanol–water partition coefficient (Wildman–Crippen LogP) is 5.13. The van der Waals surface area contributed by atoms with E-state index in [0.29, 0.717) is 12.1 Å². The Labute approximate surface area is 168 Å². The lowest BCUT2D eigenvalue weighted by atomic mass is 10.1. The standard InChI is InChI=1S/C22H24BrN3O/c1-2-15-26-20-12-6-5-11-19(20)25-21(26)13-4-3-7-14-24-22(27)17-9-8-10-18(23)16-17/h2,5-6,8-12,16H,1,3-4,7,13-15H2,(H,24,27). The topological polar surface area (TPSA) is 46.9 Å². The average molecular weight is 426 g/mol. The number of fused-ring (bicyclic) bond motifs is 1. The summed E-state index contributed by atoms with van der Waals surface area (Å²) in [6, 6.07) is 15.7. The number of hydrogen-bond acceptors (Lipinski definition) is 2. The fourth-order valence-corrected chi connectivity index (χ4v) is 3.57. The third-order valence-corrected chi connectivity index (χ3v) is 4.99. The van der Waals surface area contributed by atoms with E-state index in [2.05, 4.69) is 44.5 Å². The zero-order valence-electron chi connectivity index (χ0n) is 15.3. The molecule has 0 unspecified atom stereocenters. The monoisotopic (exact) mass is 425 g/mol. The van der Waals surface area contributed by atoms with Gasteiger partial charge in [-0.3, -0.25) is 4.79 Å². The fourth-order valence-electron chi connectivity index (χ4n) is 3.17. The van der Waals surface area contributed by atoms with Gasteiger partial charge in [0, 0.05) is 29.5 Å². The first kappa shape index (κ1) is 19.4. The first-order valence-electron chi connectivity index (χ1n) is 9.28. The van der Waals surface area contributed by atoms with E-state index in [9.17, 15) is 4.79 Å². The fraction of sp³-hybridized carbons (Fsp3) is 0.273. The SMILES string of the molecule is C=CCn1c(CCCCCNC(=O)c2cccc(Br)c2)nc2ccccc21. The van der Waals surface area contributed by atoms with Crippen molar-refractivity contribution in [3.8, 4) is 0 Å². The number of imidazole rings is 1. The molecule has 0 aliphatic carbocycles. The maximum absolute atomic E-state index is 12.1. The molecule has 0 saturated heterocycles. The summed E-state index contributed by atoms with van der Waals surface area (Å²) in [6.45, 7) is 5.32. The quantitative estimate of drug-likeness (QED) is 0.381. The normalized spacial score (nSPS) is 10.9. The van der Waals surface area contributed by atoms with Crippen LogP contribution in [-0.2, 0) is 13.0 Å². The summed E-state index contributed by atoms with van der Waals surface area (Å²) < 4.78 is 3.15. The van der Waals surface area contributed by atoms with Crippen LogP contribution in [0.1, 0.15) is 35.4 Å². The summed E-state index contributed by atoms with van der Waals surface area (Å²) in [6.07, 6.45) is 5.90. The Bertz CT molecular complexity index is 932. The molecule has 0 bridgehead atoms. The number of amides is 1. The van der Waals surface area contributed by atoms with Crippen molar-refractivity contribution in [3.05, 3.63) is 77.0 Å². The van der Waals surface area contributed by atoms with Crippen LogP contribution >= 0.6 is 15.9 Å². The van der Waals surface area contributed by atoms with Crippen molar-refractivity contribution in [1.29, 1.82) is 0 Å². The molecule has 0 aliphatic heterocycles. The number of para-hydroxylation sites is 2. The predicted molar refractivity (Wildman–Crippen MR) is 114 cm³/mol. The van der Waals surface area contributed by atoms with Gasteiger partial charge in [-0.1, -0.05) is 46.6 Å². The van der Waals surface area contributed by atoms with E-state index in [4.69, 9.17) is 4.98 Å². The van der Waals surface area contributed by atoms with E-state index >= 15 is 0 Å². The molecule has 0 saturated carbocycles. The maximum atomic E-state index is 12.1. The van der Waals surface area contributed by atoms with E-state index in [0.717, 1.165) is 53.6 Å².